The molecule has 0 rings (SSSR count). The molecule has 0 aromatic heterocycles. The van der Waals surface area contributed by atoms with E-state index in [1.54, 1.807) is 0 Å². The van der Waals surface area contributed by atoms with Gasteiger partial charge in [-0.15, -0.1) is 0 Å². The first kappa shape index (κ1) is 23.2. The smallest absolute Gasteiger partial charge is 2.00 e. The summed E-state index contributed by atoms with van der Waals surface area (Å²) in [6.07, 6.45) is 0. The second-order valence-corrected chi connectivity index (χ2v) is 1.22. The third kappa shape index (κ3) is 313. The van der Waals surface area contributed by atoms with Crippen molar-refractivity contribution in [2.75, 3.05) is 0 Å². The molecule has 0 aromatic rings. The fourth-order valence-corrected chi connectivity index (χ4v) is 0. The molecule has 0 unspecified atom stereocenters. The van der Waals surface area contributed by atoms with Crippen molar-refractivity contribution < 1.29 is 57.1 Å². The zero-order chi connectivity index (χ0) is 4.50. The maximum Gasteiger partial charge on any atom is 2.00 e. The molecule has 0 heterocycles. The Kier molecular flexibility index (Phi) is 22.8. The van der Waals surface area contributed by atoms with Crippen LogP contribution in [-0.2, 0) is 50.0 Å². The van der Waals surface area contributed by atoms with Crippen LogP contribution in [0.5, 0.6) is 0 Å². The molecule has 5 nitrogen and oxygen atoms in total. The zero-order valence-electron chi connectivity index (χ0n) is 3.16. The summed E-state index contributed by atoms with van der Waals surface area (Å²) in [4.78, 5) is 0. The van der Waals surface area contributed by atoms with Crippen LogP contribution < -0.4 is 0 Å². The van der Waals surface area contributed by atoms with Gasteiger partial charge in [0.2, 0.25) is 0 Å². The van der Waals surface area contributed by atoms with E-state index in [2.05, 4.69) is 0 Å². The minimum atomic E-state index is -5.17. The summed E-state index contributed by atoms with van der Waals surface area (Å²) < 4.78 is 34.1. The van der Waals surface area contributed by atoms with Crippen LogP contribution in [-0.4, -0.2) is 17.5 Å². The van der Waals surface area contributed by atoms with Crippen LogP contribution in [0.2, 0.25) is 0 Å². The van der Waals surface area contributed by atoms with Crippen molar-refractivity contribution in [3.63, 3.8) is 0 Å². The Morgan fingerprint density at radius 1 is 1.00 bits per heavy atom. The Balaban J connectivity index is -0.0000000267. The minimum Gasteiger partial charge on any atom is -2.00 e. The molecule has 0 aliphatic rings. The first-order valence-corrected chi connectivity index (χ1v) is 2.00. The molecule has 0 aliphatic carbocycles. The van der Waals surface area contributed by atoms with E-state index in [-0.39, 0.29) is 39.6 Å². The standard InChI is InChI=1S/2Fe.H2O4S.O/c;;1-5(2,3)4;/h;;(H2,1,2,3,4);/q2*+2;;-2/p-2. The average molecular weight is 224 g/mol. The van der Waals surface area contributed by atoms with Crippen LogP contribution in [0.15, 0.2) is 0 Å². The van der Waals surface area contributed by atoms with Crippen LogP contribution in [0.1, 0.15) is 0 Å². The summed E-state index contributed by atoms with van der Waals surface area (Å²) in [6.45, 7) is 0. The zero-order valence-corrected chi connectivity index (χ0v) is 6.18. The first-order valence-electron chi connectivity index (χ1n) is 0.667. The van der Waals surface area contributed by atoms with Gasteiger partial charge in [0, 0.05) is 10.4 Å². The third-order valence-electron chi connectivity index (χ3n) is 0. The van der Waals surface area contributed by atoms with E-state index in [0.717, 1.165) is 0 Å². The Labute approximate surface area is 67.7 Å². The van der Waals surface area contributed by atoms with E-state index in [9.17, 15) is 0 Å². The van der Waals surface area contributed by atoms with Gasteiger partial charge < -0.3 is 14.6 Å². The summed E-state index contributed by atoms with van der Waals surface area (Å²) in [7, 11) is -5.17. The Morgan fingerprint density at radius 2 is 1.00 bits per heavy atom. The molecule has 52 valence electrons. The number of hydrogen-bond acceptors (Lipinski definition) is 4. The van der Waals surface area contributed by atoms with E-state index in [1.165, 1.54) is 0 Å². The summed E-state index contributed by atoms with van der Waals surface area (Å²) in [5, 5.41) is 0. The predicted octanol–water partition coefficient (Wildman–Crippen LogP) is -1.46. The van der Waals surface area contributed by atoms with Crippen molar-refractivity contribution >= 4 is 10.4 Å². The maximum absolute atomic E-state index is 8.52. The summed E-state index contributed by atoms with van der Waals surface area (Å²) in [5.74, 6) is 0. The second-order valence-electron chi connectivity index (χ2n) is 0.408. The Hall–Kier alpha value is 0.869. The molecule has 8 heavy (non-hydrogen) atoms. The van der Waals surface area contributed by atoms with Gasteiger partial charge in [0.25, 0.3) is 0 Å². The SMILES string of the molecule is O=S(=O)([O-])[O-].[Fe+2].[Fe+2].[O-2]. The van der Waals surface area contributed by atoms with Crippen LogP contribution >= 0.6 is 0 Å². The normalized spacial score (nSPS) is 7.25. The van der Waals surface area contributed by atoms with Crippen molar-refractivity contribution in [1.82, 2.24) is 0 Å². The van der Waals surface area contributed by atoms with Crippen molar-refractivity contribution in [3.8, 4) is 0 Å². The number of hydrogen-bond donors (Lipinski definition) is 0. The molecule has 0 fully saturated rings. The van der Waals surface area contributed by atoms with Gasteiger partial charge >= 0.3 is 34.1 Å². The monoisotopic (exact) mass is 224 g/mol. The average Bonchev–Trinajstić information content (AvgIpc) is 0.722. The molecule has 0 saturated carbocycles. The van der Waals surface area contributed by atoms with E-state index in [1.807, 2.05) is 0 Å². The van der Waals surface area contributed by atoms with Gasteiger partial charge in [-0.3, -0.25) is 8.42 Å². The van der Waals surface area contributed by atoms with E-state index in [0.29, 0.717) is 0 Å². The van der Waals surface area contributed by atoms with Crippen molar-refractivity contribution in [2.45, 2.75) is 0 Å². The summed E-state index contributed by atoms with van der Waals surface area (Å²) in [6, 6.07) is 0. The topological polar surface area (TPSA) is 109 Å². The van der Waals surface area contributed by atoms with Crippen molar-refractivity contribution in [1.29, 1.82) is 0 Å². The molecule has 8 heteroatoms. The number of rotatable bonds is 0. The molecule has 0 amide bonds. The maximum atomic E-state index is 8.52. The van der Waals surface area contributed by atoms with Gasteiger partial charge in [0.05, 0.1) is 0 Å². The molecular weight excluding hydrogens is 224 g/mol. The molecule has 0 aromatic carbocycles. The molecule has 0 N–H and O–H groups in total. The molecule has 0 aliphatic heterocycles. The summed E-state index contributed by atoms with van der Waals surface area (Å²) in [5.41, 5.74) is 0. The van der Waals surface area contributed by atoms with Crippen molar-refractivity contribution in [3.05, 3.63) is 0 Å². The Bertz CT molecular complexity index is 93.6. The molecule has 0 bridgehead atoms. The van der Waals surface area contributed by atoms with E-state index < -0.39 is 10.4 Å². The largest absolute Gasteiger partial charge is 2.00 e. The molecule has 0 saturated heterocycles. The molecular formula is Fe2O5S. The van der Waals surface area contributed by atoms with Gasteiger partial charge in [-0.05, 0) is 0 Å². The van der Waals surface area contributed by atoms with Crippen LogP contribution in [0.4, 0.5) is 0 Å². The molecule has 0 atom stereocenters. The van der Waals surface area contributed by atoms with Gasteiger partial charge in [-0.1, -0.05) is 0 Å². The van der Waals surface area contributed by atoms with Crippen molar-refractivity contribution in [2.24, 2.45) is 0 Å². The molecule has 0 radical (unpaired) electrons. The summed E-state index contributed by atoms with van der Waals surface area (Å²) >= 11 is 0. The fraction of sp³-hybridized carbons (Fsp3) is 0. The van der Waals surface area contributed by atoms with Gasteiger partial charge in [0.1, 0.15) is 0 Å². The first-order chi connectivity index (χ1) is 2.00. The quantitative estimate of drug-likeness (QED) is 0.284. The predicted molar refractivity (Wildman–Crippen MR) is 11.2 cm³/mol. The van der Waals surface area contributed by atoms with Gasteiger partial charge in [0.15, 0.2) is 0 Å². The Morgan fingerprint density at radius 3 is 1.00 bits per heavy atom. The van der Waals surface area contributed by atoms with Crippen LogP contribution in [0, 0.1) is 0 Å². The van der Waals surface area contributed by atoms with Gasteiger partial charge in [-0.25, -0.2) is 0 Å². The van der Waals surface area contributed by atoms with E-state index in [4.69, 9.17) is 17.5 Å². The van der Waals surface area contributed by atoms with Crippen LogP contribution in [0.3, 0.4) is 0 Å². The molecule has 0 spiro atoms. The minimum absolute atomic E-state index is 0. The van der Waals surface area contributed by atoms with Gasteiger partial charge in [-0.2, -0.15) is 0 Å². The van der Waals surface area contributed by atoms with Crippen LogP contribution in [0.25, 0.3) is 0 Å². The fourth-order valence-electron chi connectivity index (χ4n) is 0. The third-order valence-corrected chi connectivity index (χ3v) is 0. The second kappa shape index (κ2) is 7.87. The van der Waals surface area contributed by atoms with E-state index >= 15 is 0 Å².